The Hall–Kier alpha value is -0.760. The van der Waals surface area contributed by atoms with E-state index in [4.69, 9.17) is 4.42 Å². The van der Waals surface area contributed by atoms with Crippen LogP contribution in [-0.2, 0) is 6.42 Å². The second-order valence-corrected chi connectivity index (χ2v) is 3.19. The van der Waals surface area contributed by atoms with Crippen LogP contribution in [0.15, 0.2) is 23.0 Å². The van der Waals surface area contributed by atoms with Crippen molar-refractivity contribution in [2.24, 2.45) is 5.92 Å². The van der Waals surface area contributed by atoms with Crippen LogP contribution < -0.4 is 5.32 Å². The standard InChI is InChI=1S/C9H13NO/c1-3-10-6-8(1)5-9-2-4-11-7-9/h2,4,7-8,10H,1,3,5-6H2. The average Bonchev–Trinajstić information content (AvgIpc) is 2.60. The van der Waals surface area contributed by atoms with Crippen molar-refractivity contribution in [3.63, 3.8) is 0 Å². The van der Waals surface area contributed by atoms with Gasteiger partial charge in [-0.25, -0.2) is 0 Å². The topological polar surface area (TPSA) is 25.2 Å². The van der Waals surface area contributed by atoms with Gasteiger partial charge in [0.1, 0.15) is 0 Å². The van der Waals surface area contributed by atoms with Crippen molar-refractivity contribution in [2.45, 2.75) is 12.8 Å². The maximum absolute atomic E-state index is 5.00. The second-order valence-electron chi connectivity index (χ2n) is 3.19. The molecule has 2 heteroatoms. The van der Waals surface area contributed by atoms with E-state index in [0.29, 0.717) is 0 Å². The van der Waals surface area contributed by atoms with Crippen molar-refractivity contribution in [1.29, 1.82) is 0 Å². The molecule has 2 nitrogen and oxygen atoms in total. The smallest absolute Gasteiger partial charge is 0.0934 e. The van der Waals surface area contributed by atoms with E-state index < -0.39 is 0 Å². The van der Waals surface area contributed by atoms with E-state index in [1.165, 1.54) is 31.5 Å². The highest BCUT2D eigenvalue weighted by atomic mass is 16.3. The summed E-state index contributed by atoms with van der Waals surface area (Å²) in [7, 11) is 0. The van der Waals surface area contributed by atoms with Crippen LogP contribution in [0.2, 0.25) is 0 Å². The molecule has 0 spiro atoms. The Morgan fingerprint density at radius 1 is 1.64 bits per heavy atom. The third kappa shape index (κ3) is 1.63. The Bertz CT molecular complexity index is 199. The van der Waals surface area contributed by atoms with E-state index in [9.17, 15) is 0 Å². The van der Waals surface area contributed by atoms with Crippen molar-refractivity contribution in [3.8, 4) is 0 Å². The van der Waals surface area contributed by atoms with E-state index in [1.807, 2.05) is 6.26 Å². The normalized spacial score (nSPS) is 24.2. The fourth-order valence-corrected chi connectivity index (χ4v) is 1.63. The van der Waals surface area contributed by atoms with Crippen molar-refractivity contribution in [1.82, 2.24) is 5.32 Å². The van der Waals surface area contributed by atoms with Crippen LogP contribution in [0, 0.1) is 5.92 Å². The lowest BCUT2D eigenvalue weighted by atomic mass is 10.0. The third-order valence-corrected chi connectivity index (χ3v) is 2.27. The van der Waals surface area contributed by atoms with Gasteiger partial charge < -0.3 is 9.73 Å². The summed E-state index contributed by atoms with van der Waals surface area (Å²) in [5.41, 5.74) is 1.33. The molecule has 0 aliphatic carbocycles. The Labute approximate surface area is 66.6 Å². The van der Waals surface area contributed by atoms with E-state index in [-0.39, 0.29) is 0 Å². The maximum Gasteiger partial charge on any atom is 0.0934 e. The fourth-order valence-electron chi connectivity index (χ4n) is 1.63. The Morgan fingerprint density at radius 2 is 2.64 bits per heavy atom. The minimum Gasteiger partial charge on any atom is -0.472 e. The summed E-state index contributed by atoms with van der Waals surface area (Å²) >= 11 is 0. The van der Waals surface area contributed by atoms with Gasteiger partial charge in [-0.1, -0.05) is 0 Å². The molecule has 2 rings (SSSR count). The zero-order valence-corrected chi connectivity index (χ0v) is 6.55. The lowest BCUT2D eigenvalue weighted by molar-refractivity contribution is 0.546. The molecule has 0 bridgehead atoms. The van der Waals surface area contributed by atoms with Crippen LogP contribution in [-0.4, -0.2) is 13.1 Å². The minimum atomic E-state index is 0.826. The lowest BCUT2D eigenvalue weighted by Gasteiger charge is -2.03. The van der Waals surface area contributed by atoms with Crippen molar-refractivity contribution >= 4 is 0 Å². The van der Waals surface area contributed by atoms with Crippen molar-refractivity contribution in [3.05, 3.63) is 24.2 Å². The van der Waals surface area contributed by atoms with Crippen LogP contribution in [0.3, 0.4) is 0 Å². The lowest BCUT2D eigenvalue weighted by Crippen LogP contribution is -2.10. The summed E-state index contributed by atoms with van der Waals surface area (Å²) < 4.78 is 5.00. The molecular weight excluding hydrogens is 138 g/mol. The zero-order chi connectivity index (χ0) is 7.52. The number of hydrogen-bond donors (Lipinski definition) is 1. The number of rotatable bonds is 2. The summed E-state index contributed by atoms with van der Waals surface area (Å²) in [5, 5.41) is 3.35. The molecule has 60 valence electrons. The molecule has 1 fully saturated rings. The van der Waals surface area contributed by atoms with Crippen molar-refractivity contribution < 1.29 is 4.42 Å². The molecule has 1 aromatic rings. The largest absolute Gasteiger partial charge is 0.472 e. The van der Waals surface area contributed by atoms with Crippen molar-refractivity contribution in [2.75, 3.05) is 13.1 Å². The van der Waals surface area contributed by atoms with Gasteiger partial charge in [0.05, 0.1) is 12.5 Å². The predicted octanol–water partition coefficient (Wildman–Crippen LogP) is 1.43. The van der Waals surface area contributed by atoms with Gasteiger partial charge in [-0.05, 0) is 43.5 Å². The zero-order valence-electron chi connectivity index (χ0n) is 6.55. The maximum atomic E-state index is 5.00. The average molecular weight is 151 g/mol. The molecule has 1 unspecified atom stereocenters. The predicted molar refractivity (Wildman–Crippen MR) is 43.4 cm³/mol. The highest BCUT2D eigenvalue weighted by molar-refractivity contribution is 5.06. The first kappa shape index (κ1) is 6.92. The van der Waals surface area contributed by atoms with Gasteiger partial charge in [-0.15, -0.1) is 0 Å². The monoisotopic (exact) mass is 151 g/mol. The van der Waals surface area contributed by atoms with Gasteiger partial charge in [-0.3, -0.25) is 0 Å². The summed E-state index contributed by atoms with van der Waals surface area (Å²) in [4.78, 5) is 0. The van der Waals surface area contributed by atoms with Gasteiger partial charge in [0, 0.05) is 0 Å². The fraction of sp³-hybridized carbons (Fsp3) is 0.556. The molecule has 0 saturated carbocycles. The van der Waals surface area contributed by atoms with Crippen LogP contribution in [0.1, 0.15) is 12.0 Å². The van der Waals surface area contributed by atoms with E-state index in [0.717, 1.165) is 5.92 Å². The molecule has 1 atom stereocenters. The molecule has 11 heavy (non-hydrogen) atoms. The molecule has 1 saturated heterocycles. The third-order valence-electron chi connectivity index (χ3n) is 2.27. The van der Waals surface area contributed by atoms with Crippen LogP contribution in [0.5, 0.6) is 0 Å². The molecular formula is C9H13NO. The minimum absolute atomic E-state index is 0.826. The number of nitrogens with one attached hydrogen (secondary N) is 1. The van der Waals surface area contributed by atoms with E-state index in [1.54, 1.807) is 6.26 Å². The molecule has 2 heterocycles. The van der Waals surface area contributed by atoms with E-state index >= 15 is 0 Å². The van der Waals surface area contributed by atoms with Gasteiger partial charge in [0.25, 0.3) is 0 Å². The summed E-state index contributed by atoms with van der Waals surface area (Å²) in [6, 6.07) is 2.05. The van der Waals surface area contributed by atoms with Crippen LogP contribution in [0.25, 0.3) is 0 Å². The summed E-state index contributed by atoms with van der Waals surface area (Å²) in [6.45, 7) is 2.35. The molecule has 1 N–H and O–H groups in total. The SMILES string of the molecule is c1cc(CC2CCNC2)co1. The van der Waals surface area contributed by atoms with Gasteiger partial charge in [0.15, 0.2) is 0 Å². The summed E-state index contributed by atoms with van der Waals surface area (Å²) in [5.74, 6) is 0.826. The molecule has 1 aromatic heterocycles. The molecule has 0 radical (unpaired) electrons. The Morgan fingerprint density at radius 3 is 3.27 bits per heavy atom. The summed E-state index contributed by atoms with van der Waals surface area (Å²) in [6.07, 6.45) is 6.07. The first-order chi connectivity index (χ1) is 5.45. The second kappa shape index (κ2) is 3.09. The van der Waals surface area contributed by atoms with Crippen LogP contribution >= 0.6 is 0 Å². The quantitative estimate of drug-likeness (QED) is 0.691. The molecule has 1 aliphatic rings. The van der Waals surface area contributed by atoms with Gasteiger partial charge >= 0.3 is 0 Å². The highest BCUT2D eigenvalue weighted by Gasteiger charge is 2.14. The highest BCUT2D eigenvalue weighted by Crippen LogP contribution is 2.14. The molecule has 0 aromatic carbocycles. The van der Waals surface area contributed by atoms with E-state index in [2.05, 4.69) is 11.4 Å². The Kier molecular flexibility index (Phi) is 1.95. The van der Waals surface area contributed by atoms with Crippen LogP contribution in [0.4, 0.5) is 0 Å². The first-order valence-electron chi connectivity index (χ1n) is 4.17. The number of furan rings is 1. The first-order valence-corrected chi connectivity index (χ1v) is 4.17. The Balaban J connectivity index is 1.90. The molecule has 1 aliphatic heterocycles. The number of hydrogen-bond acceptors (Lipinski definition) is 2. The van der Waals surface area contributed by atoms with Gasteiger partial charge in [0.2, 0.25) is 0 Å². The molecule has 0 amide bonds. The van der Waals surface area contributed by atoms with Gasteiger partial charge in [-0.2, -0.15) is 0 Å².